The van der Waals surface area contributed by atoms with Gasteiger partial charge in [0, 0.05) is 49.2 Å². The van der Waals surface area contributed by atoms with Gasteiger partial charge in [-0.25, -0.2) is 4.98 Å². The number of hydrogen-bond donors (Lipinski definition) is 4. The first-order valence-electron chi connectivity index (χ1n) is 12.3. The number of anilines is 1. The molecule has 9 nitrogen and oxygen atoms in total. The van der Waals surface area contributed by atoms with Gasteiger partial charge in [-0.3, -0.25) is 14.2 Å². The Bertz CT molecular complexity index is 1440. The van der Waals surface area contributed by atoms with Crippen molar-refractivity contribution in [3.05, 3.63) is 93.2 Å². The predicted octanol–water partition coefficient (Wildman–Crippen LogP) is 2.96. The van der Waals surface area contributed by atoms with Crippen LogP contribution in [0.2, 0.25) is 0 Å². The fraction of sp³-hybridized carbons (Fsp3) is 0.321. The van der Waals surface area contributed by atoms with E-state index in [0.717, 1.165) is 33.2 Å². The molecule has 1 amide bonds. The van der Waals surface area contributed by atoms with Crippen LogP contribution in [0.5, 0.6) is 0 Å². The van der Waals surface area contributed by atoms with E-state index >= 15 is 0 Å². The van der Waals surface area contributed by atoms with E-state index in [4.69, 9.17) is 10.5 Å². The minimum absolute atomic E-state index is 0.0767. The van der Waals surface area contributed by atoms with Crippen LogP contribution in [0.25, 0.3) is 10.9 Å². The molecule has 0 aliphatic rings. The van der Waals surface area contributed by atoms with Crippen LogP contribution in [-0.4, -0.2) is 40.7 Å². The molecule has 0 unspecified atom stereocenters. The van der Waals surface area contributed by atoms with Crippen LogP contribution in [0.3, 0.4) is 0 Å². The minimum Gasteiger partial charge on any atom is -0.383 e. The molecule has 0 saturated heterocycles. The zero-order valence-electron chi connectivity index (χ0n) is 21.5. The van der Waals surface area contributed by atoms with Gasteiger partial charge in [-0.2, -0.15) is 0 Å². The van der Waals surface area contributed by atoms with E-state index in [1.807, 2.05) is 49.5 Å². The Hall–Kier alpha value is -3.95. The number of amides is 1. The first-order chi connectivity index (χ1) is 17.9. The zero-order valence-corrected chi connectivity index (χ0v) is 21.5. The van der Waals surface area contributed by atoms with E-state index < -0.39 is 0 Å². The minimum atomic E-state index is -0.324. The van der Waals surface area contributed by atoms with Crippen LogP contribution >= 0.6 is 0 Å². The van der Waals surface area contributed by atoms with Gasteiger partial charge < -0.3 is 26.1 Å². The molecule has 0 saturated carbocycles. The Morgan fingerprint density at radius 2 is 2.03 bits per heavy atom. The number of aromatic amines is 1. The molecule has 2 aromatic carbocycles. The van der Waals surface area contributed by atoms with Gasteiger partial charge >= 0.3 is 0 Å². The Morgan fingerprint density at radius 3 is 2.84 bits per heavy atom. The number of methoxy groups -OCH3 is 1. The van der Waals surface area contributed by atoms with E-state index in [-0.39, 0.29) is 29.9 Å². The molecule has 0 fully saturated rings. The third-order valence-corrected chi connectivity index (χ3v) is 6.43. The summed E-state index contributed by atoms with van der Waals surface area (Å²) in [6.45, 7) is 5.08. The number of hydrogen-bond acceptors (Lipinski definition) is 6. The SMILES string of the molecule is COC[C@H](N)c1cccc(CCNc2ncc(C)n(CC(=O)NCc3ccc4[nH]cc(C)c4c3)c2=O)c1. The Morgan fingerprint density at radius 1 is 1.19 bits per heavy atom. The summed E-state index contributed by atoms with van der Waals surface area (Å²) in [6, 6.07) is 13.9. The van der Waals surface area contributed by atoms with Crippen molar-refractivity contribution in [1.82, 2.24) is 19.9 Å². The maximum Gasteiger partial charge on any atom is 0.293 e. The largest absolute Gasteiger partial charge is 0.383 e. The van der Waals surface area contributed by atoms with E-state index in [2.05, 4.69) is 26.7 Å². The van der Waals surface area contributed by atoms with Crippen molar-refractivity contribution in [2.24, 2.45) is 5.73 Å². The molecule has 0 spiro atoms. The molecular weight excluding hydrogens is 468 g/mol. The second-order valence-corrected chi connectivity index (χ2v) is 9.25. The summed E-state index contributed by atoms with van der Waals surface area (Å²) in [5, 5.41) is 7.17. The molecule has 1 atom stereocenters. The number of nitrogens with two attached hydrogens (primary N) is 1. The summed E-state index contributed by atoms with van der Waals surface area (Å²) in [7, 11) is 1.63. The number of H-pyrrole nitrogens is 1. The average Bonchev–Trinajstić information content (AvgIpc) is 3.27. The lowest BCUT2D eigenvalue weighted by molar-refractivity contribution is -0.121. The molecule has 0 aliphatic carbocycles. The highest BCUT2D eigenvalue weighted by molar-refractivity contribution is 5.83. The fourth-order valence-electron chi connectivity index (χ4n) is 4.29. The van der Waals surface area contributed by atoms with Crippen molar-refractivity contribution in [1.29, 1.82) is 0 Å². The summed E-state index contributed by atoms with van der Waals surface area (Å²) < 4.78 is 6.58. The first-order valence-corrected chi connectivity index (χ1v) is 12.3. The lowest BCUT2D eigenvalue weighted by Crippen LogP contribution is -2.34. The second-order valence-electron chi connectivity index (χ2n) is 9.25. The van der Waals surface area contributed by atoms with Gasteiger partial charge in [0.1, 0.15) is 6.54 Å². The number of ether oxygens (including phenoxy) is 1. The number of fused-ring (bicyclic) bond motifs is 1. The molecular formula is C28H34N6O3. The Kier molecular flexibility index (Phi) is 8.37. The van der Waals surface area contributed by atoms with E-state index in [1.54, 1.807) is 20.2 Å². The Balaban J connectivity index is 1.35. The van der Waals surface area contributed by atoms with Crippen LogP contribution in [0.4, 0.5) is 5.82 Å². The summed E-state index contributed by atoms with van der Waals surface area (Å²) >= 11 is 0. The lowest BCUT2D eigenvalue weighted by atomic mass is 10.0. The number of benzene rings is 2. The van der Waals surface area contributed by atoms with Crippen molar-refractivity contribution in [2.75, 3.05) is 25.6 Å². The van der Waals surface area contributed by atoms with Crippen molar-refractivity contribution in [3.8, 4) is 0 Å². The van der Waals surface area contributed by atoms with Crippen LogP contribution in [0.15, 0.2) is 59.7 Å². The molecule has 37 heavy (non-hydrogen) atoms. The van der Waals surface area contributed by atoms with E-state index in [9.17, 15) is 9.59 Å². The average molecular weight is 503 g/mol. The number of carbonyl (C=O) groups is 1. The highest BCUT2D eigenvalue weighted by Crippen LogP contribution is 2.19. The standard InChI is InChI=1S/C28H34N6O3/c1-18-13-31-25-8-7-21(12-23(18)25)15-32-26(35)16-34-19(2)14-33-27(28(34)36)30-10-9-20-5-4-6-22(11-20)24(29)17-37-3/h4-8,11-14,24,31H,9-10,15-17,29H2,1-3H3,(H,30,33)(H,32,35)/t24-/m0/s1. The zero-order chi connectivity index (χ0) is 26.4. The van der Waals surface area contributed by atoms with Crippen molar-refractivity contribution < 1.29 is 9.53 Å². The topological polar surface area (TPSA) is 127 Å². The molecule has 9 heteroatoms. The highest BCUT2D eigenvalue weighted by atomic mass is 16.5. The summed E-state index contributed by atoms with van der Waals surface area (Å²) in [4.78, 5) is 33.2. The van der Waals surface area contributed by atoms with Gasteiger partial charge in [0.2, 0.25) is 5.91 Å². The molecule has 0 bridgehead atoms. The predicted molar refractivity (Wildman–Crippen MR) is 146 cm³/mol. The van der Waals surface area contributed by atoms with Crippen molar-refractivity contribution >= 4 is 22.6 Å². The van der Waals surface area contributed by atoms with Gasteiger partial charge in [-0.15, -0.1) is 0 Å². The molecule has 2 heterocycles. The van der Waals surface area contributed by atoms with Crippen LogP contribution < -0.4 is 21.9 Å². The molecule has 2 aromatic heterocycles. The fourth-order valence-corrected chi connectivity index (χ4v) is 4.29. The number of rotatable bonds is 11. The molecule has 0 radical (unpaired) electrons. The summed E-state index contributed by atoms with van der Waals surface area (Å²) in [5.41, 5.74) is 11.7. The summed E-state index contributed by atoms with van der Waals surface area (Å²) in [5.74, 6) is -0.0172. The first kappa shape index (κ1) is 26.1. The number of aryl methyl sites for hydroxylation is 2. The van der Waals surface area contributed by atoms with Gasteiger partial charge in [-0.05, 0) is 54.7 Å². The van der Waals surface area contributed by atoms with Gasteiger partial charge in [0.25, 0.3) is 5.56 Å². The monoisotopic (exact) mass is 502 g/mol. The normalized spacial score (nSPS) is 12.0. The van der Waals surface area contributed by atoms with E-state index in [0.29, 0.717) is 31.8 Å². The van der Waals surface area contributed by atoms with Crippen molar-refractivity contribution in [3.63, 3.8) is 0 Å². The van der Waals surface area contributed by atoms with Gasteiger partial charge in [0.05, 0.1) is 12.6 Å². The lowest BCUT2D eigenvalue weighted by Gasteiger charge is -2.14. The van der Waals surface area contributed by atoms with E-state index in [1.165, 1.54) is 4.57 Å². The summed E-state index contributed by atoms with van der Waals surface area (Å²) in [6.07, 6.45) is 4.25. The smallest absolute Gasteiger partial charge is 0.293 e. The molecule has 0 aliphatic heterocycles. The maximum absolute atomic E-state index is 13.0. The number of aromatic nitrogens is 3. The van der Waals surface area contributed by atoms with Crippen LogP contribution in [0.1, 0.15) is 34.0 Å². The van der Waals surface area contributed by atoms with Crippen LogP contribution in [-0.2, 0) is 29.0 Å². The molecule has 4 rings (SSSR count). The number of nitrogens with one attached hydrogen (secondary N) is 3. The molecule has 4 aromatic rings. The van der Waals surface area contributed by atoms with Gasteiger partial charge in [-0.1, -0.05) is 30.3 Å². The van der Waals surface area contributed by atoms with Gasteiger partial charge in [0.15, 0.2) is 5.82 Å². The Labute approximate surface area is 216 Å². The highest BCUT2D eigenvalue weighted by Gasteiger charge is 2.12. The molecule has 5 N–H and O–H groups in total. The van der Waals surface area contributed by atoms with Crippen LogP contribution in [0, 0.1) is 13.8 Å². The van der Waals surface area contributed by atoms with Crippen molar-refractivity contribution in [2.45, 2.75) is 39.4 Å². The number of nitrogens with zero attached hydrogens (tertiary/aromatic N) is 2. The quantitative estimate of drug-likeness (QED) is 0.250. The maximum atomic E-state index is 13.0. The second kappa shape index (κ2) is 11.9. The molecule has 194 valence electrons. The third-order valence-electron chi connectivity index (χ3n) is 6.43. The third kappa shape index (κ3) is 6.44. The number of carbonyl (C=O) groups excluding carboxylic acids is 1.